The highest BCUT2D eigenvalue weighted by molar-refractivity contribution is 5.37. The van der Waals surface area contributed by atoms with Crippen LogP contribution in [-0.2, 0) is 12.8 Å². The first-order chi connectivity index (χ1) is 7.04. The van der Waals surface area contributed by atoms with Gasteiger partial charge in [0.2, 0.25) is 0 Å². The summed E-state index contributed by atoms with van der Waals surface area (Å²) in [5.41, 5.74) is -0.142. The normalized spacial score (nSPS) is 10.1. The molecule has 0 aliphatic heterocycles. The molecule has 0 saturated heterocycles. The molecule has 3 heteroatoms. The lowest BCUT2D eigenvalue weighted by Crippen LogP contribution is -2.06. The Morgan fingerprint density at radius 2 is 1.60 bits per heavy atom. The first-order valence-electron chi connectivity index (χ1n) is 4.62. The number of terminal acetylenes is 1. The van der Waals surface area contributed by atoms with Crippen molar-refractivity contribution in [3.05, 3.63) is 34.1 Å². The quantitative estimate of drug-likeness (QED) is 0.522. The van der Waals surface area contributed by atoms with Gasteiger partial charge in [0.1, 0.15) is 5.82 Å². The van der Waals surface area contributed by atoms with Crippen molar-refractivity contribution in [3.8, 4) is 12.3 Å². The summed E-state index contributed by atoms with van der Waals surface area (Å²) >= 11 is 0. The van der Waals surface area contributed by atoms with Gasteiger partial charge >= 0.3 is 0 Å². The van der Waals surface area contributed by atoms with Gasteiger partial charge in [0.15, 0.2) is 11.6 Å². The second-order valence-electron chi connectivity index (χ2n) is 3.26. The molecule has 15 heavy (non-hydrogen) atoms. The summed E-state index contributed by atoms with van der Waals surface area (Å²) in [7, 11) is 0. The lowest BCUT2D eigenvalue weighted by Gasteiger charge is -2.11. The predicted octanol–water partition coefficient (Wildman–Crippen LogP) is 3.15. The van der Waals surface area contributed by atoms with Gasteiger partial charge in [-0.05, 0) is 24.5 Å². The highest BCUT2D eigenvalue weighted by Crippen LogP contribution is 2.25. The Morgan fingerprint density at radius 1 is 1.07 bits per heavy atom. The van der Waals surface area contributed by atoms with Gasteiger partial charge in [0.05, 0.1) is 0 Å². The molecule has 0 nitrogen and oxygen atoms in total. The van der Waals surface area contributed by atoms with E-state index in [1.165, 1.54) is 6.92 Å². The van der Waals surface area contributed by atoms with Gasteiger partial charge in [-0.15, -0.1) is 12.3 Å². The van der Waals surface area contributed by atoms with Gasteiger partial charge in [-0.1, -0.05) is 6.92 Å². The molecule has 0 aliphatic carbocycles. The molecule has 0 saturated carbocycles. The molecule has 0 fully saturated rings. The Bertz CT molecular complexity index is 398. The Hall–Kier alpha value is -1.43. The zero-order valence-electron chi connectivity index (χ0n) is 8.63. The molecule has 80 valence electrons. The number of rotatable bonds is 2. The van der Waals surface area contributed by atoms with Crippen LogP contribution in [0.25, 0.3) is 0 Å². The molecule has 0 N–H and O–H groups in total. The van der Waals surface area contributed by atoms with Gasteiger partial charge in [-0.25, -0.2) is 13.2 Å². The molecule has 0 aliphatic rings. The number of halogens is 3. The largest absolute Gasteiger partial charge is 0.206 e. The maximum absolute atomic E-state index is 13.6. The van der Waals surface area contributed by atoms with Crippen molar-refractivity contribution >= 4 is 0 Å². The topological polar surface area (TPSA) is 0 Å². The average molecular weight is 212 g/mol. The SMILES string of the molecule is C#CCc1c(F)c(C)c(CC)c(F)c1F. The van der Waals surface area contributed by atoms with E-state index in [-0.39, 0.29) is 29.5 Å². The predicted molar refractivity (Wildman–Crippen MR) is 53.0 cm³/mol. The van der Waals surface area contributed by atoms with E-state index in [1.807, 2.05) is 0 Å². The fourth-order valence-corrected chi connectivity index (χ4v) is 1.56. The fraction of sp³-hybridized carbons (Fsp3) is 0.333. The zero-order chi connectivity index (χ0) is 11.6. The van der Waals surface area contributed by atoms with E-state index in [9.17, 15) is 13.2 Å². The second kappa shape index (κ2) is 4.39. The van der Waals surface area contributed by atoms with Crippen molar-refractivity contribution < 1.29 is 13.2 Å². The second-order valence-corrected chi connectivity index (χ2v) is 3.26. The van der Waals surface area contributed by atoms with Crippen molar-refractivity contribution in [2.75, 3.05) is 0 Å². The fourth-order valence-electron chi connectivity index (χ4n) is 1.56. The number of hydrogen-bond donors (Lipinski definition) is 0. The van der Waals surface area contributed by atoms with Crippen LogP contribution in [-0.4, -0.2) is 0 Å². The van der Waals surface area contributed by atoms with Crippen LogP contribution in [0, 0.1) is 36.7 Å². The third-order valence-corrected chi connectivity index (χ3v) is 2.40. The third kappa shape index (κ3) is 1.85. The molecule has 1 aromatic carbocycles. The van der Waals surface area contributed by atoms with Gasteiger partial charge in [-0.3, -0.25) is 0 Å². The van der Waals surface area contributed by atoms with Crippen molar-refractivity contribution in [2.24, 2.45) is 0 Å². The van der Waals surface area contributed by atoms with Crippen LogP contribution in [0.5, 0.6) is 0 Å². The van der Waals surface area contributed by atoms with Crippen LogP contribution in [0.2, 0.25) is 0 Å². The van der Waals surface area contributed by atoms with Crippen molar-refractivity contribution in [1.29, 1.82) is 0 Å². The number of benzene rings is 1. The maximum atomic E-state index is 13.6. The molecule has 0 amide bonds. The van der Waals surface area contributed by atoms with E-state index in [0.29, 0.717) is 0 Å². The molecule has 1 rings (SSSR count). The molecule has 0 aromatic heterocycles. The van der Waals surface area contributed by atoms with Gasteiger partial charge < -0.3 is 0 Å². The molecule has 0 heterocycles. The first-order valence-corrected chi connectivity index (χ1v) is 4.62. The van der Waals surface area contributed by atoms with E-state index < -0.39 is 17.5 Å². The molecular formula is C12H11F3. The zero-order valence-corrected chi connectivity index (χ0v) is 8.63. The molecule has 0 spiro atoms. The Kier molecular flexibility index (Phi) is 3.41. The van der Waals surface area contributed by atoms with Crippen molar-refractivity contribution in [3.63, 3.8) is 0 Å². The van der Waals surface area contributed by atoms with Crippen LogP contribution in [0.3, 0.4) is 0 Å². The summed E-state index contributed by atoms with van der Waals surface area (Å²) in [6.45, 7) is 3.07. The minimum absolute atomic E-state index is 0.0748. The lowest BCUT2D eigenvalue weighted by atomic mass is 9.99. The van der Waals surface area contributed by atoms with Crippen LogP contribution >= 0.6 is 0 Å². The van der Waals surface area contributed by atoms with Gasteiger partial charge in [0.25, 0.3) is 0 Å². The summed E-state index contributed by atoms with van der Waals surface area (Å²) in [6.07, 6.45) is 4.98. The third-order valence-electron chi connectivity index (χ3n) is 2.40. The van der Waals surface area contributed by atoms with E-state index >= 15 is 0 Å². The Balaban J connectivity index is 3.53. The van der Waals surface area contributed by atoms with Crippen LogP contribution < -0.4 is 0 Å². The highest BCUT2D eigenvalue weighted by atomic mass is 19.2. The molecule has 0 atom stereocenters. The first kappa shape index (κ1) is 11.6. The minimum Gasteiger partial charge on any atom is -0.206 e. The van der Waals surface area contributed by atoms with Crippen molar-refractivity contribution in [1.82, 2.24) is 0 Å². The summed E-state index contributed by atoms with van der Waals surface area (Å²) in [5, 5.41) is 0. The van der Waals surface area contributed by atoms with E-state index in [2.05, 4.69) is 5.92 Å². The highest BCUT2D eigenvalue weighted by Gasteiger charge is 2.20. The average Bonchev–Trinajstić information content (AvgIpc) is 2.23. The van der Waals surface area contributed by atoms with E-state index in [1.54, 1.807) is 6.92 Å². The monoisotopic (exact) mass is 212 g/mol. The summed E-state index contributed by atoms with van der Waals surface area (Å²) in [5.74, 6) is -0.766. The van der Waals surface area contributed by atoms with Crippen LogP contribution in [0.15, 0.2) is 0 Å². The van der Waals surface area contributed by atoms with Gasteiger partial charge in [0, 0.05) is 12.0 Å². The molecule has 0 unspecified atom stereocenters. The summed E-state index contributed by atoms with van der Waals surface area (Å²) in [6, 6.07) is 0. The van der Waals surface area contributed by atoms with Gasteiger partial charge in [-0.2, -0.15) is 0 Å². The van der Waals surface area contributed by atoms with Crippen molar-refractivity contribution in [2.45, 2.75) is 26.7 Å². The molecule has 0 bridgehead atoms. The standard InChI is InChI=1S/C12H11F3/c1-4-6-9-10(13)7(3)8(5-2)11(14)12(9)15/h1H,5-6H2,2-3H3. The smallest absolute Gasteiger partial charge is 0.166 e. The molecule has 1 aromatic rings. The summed E-state index contributed by atoms with van der Waals surface area (Å²) < 4.78 is 40.4. The molecule has 0 radical (unpaired) electrons. The Morgan fingerprint density at radius 3 is 2.07 bits per heavy atom. The summed E-state index contributed by atoms with van der Waals surface area (Å²) in [4.78, 5) is 0. The van der Waals surface area contributed by atoms with Crippen LogP contribution in [0.1, 0.15) is 23.6 Å². The Labute approximate surface area is 87.1 Å². The maximum Gasteiger partial charge on any atom is 0.166 e. The molecular weight excluding hydrogens is 201 g/mol. The number of hydrogen-bond acceptors (Lipinski definition) is 0. The minimum atomic E-state index is -1.16. The lowest BCUT2D eigenvalue weighted by molar-refractivity contribution is 0.471. The van der Waals surface area contributed by atoms with Crippen LogP contribution in [0.4, 0.5) is 13.2 Å². The van der Waals surface area contributed by atoms with E-state index in [4.69, 9.17) is 6.42 Å². The van der Waals surface area contributed by atoms with E-state index in [0.717, 1.165) is 0 Å².